The normalized spacial score (nSPS) is 15.6. The summed E-state index contributed by atoms with van der Waals surface area (Å²) in [4.78, 5) is 25.9. The summed E-state index contributed by atoms with van der Waals surface area (Å²) < 4.78 is 5.81. The molecule has 0 bridgehead atoms. The Morgan fingerprint density at radius 1 is 1.23 bits per heavy atom. The lowest BCUT2D eigenvalue weighted by molar-refractivity contribution is -0.113. The van der Waals surface area contributed by atoms with Crippen molar-refractivity contribution in [3.05, 3.63) is 64.6 Å². The van der Waals surface area contributed by atoms with Crippen LogP contribution in [0.1, 0.15) is 22.8 Å². The van der Waals surface area contributed by atoms with E-state index in [4.69, 9.17) is 17.0 Å². The SMILES string of the molecule is CCOc1ccc(N2C(=O)C(=Cc3ccccc3C(=O)O)SC2=S)cc1. The van der Waals surface area contributed by atoms with Gasteiger partial charge in [0.05, 0.1) is 22.8 Å². The molecule has 0 spiro atoms. The molecular weight excluding hydrogens is 370 g/mol. The second-order valence-electron chi connectivity index (χ2n) is 5.34. The van der Waals surface area contributed by atoms with Crippen LogP contribution in [0, 0.1) is 0 Å². The highest BCUT2D eigenvalue weighted by Gasteiger charge is 2.33. The van der Waals surface area contributed by atoms with E-state index in [0.29, 0.717) is 32.8 Å². The van der Waals surface area contributed by atoms with Crippen molar-refractivity contribution in [2.24, 2.45) is 0 Å². The van der Waals surface area contributed by atoms with Gasteiger partial charge in [0.2, 0.25) is 0 Å². The molecule has 3 rings (SSSR count). The zero-order chi connectivity index (χ0) is 18.7. The molecule has 0 atom stereocenters. The fraction of sp³-hybridized carbons (Fsp3) is 0.105. The summed E-state index contributed by atoms with van der Waals surface area (Å²) in [6.07, 6.45) is 1.57. The number of hydrogen-bond acceptors (Lipinski definition) is 5. The van der Waals surface area contributed by atoms with Crippen LogP contribution in [-0.2, 0) is 4.79 Å². The Kier molecular flexibility index (Phi) is 5.39. The number of carboxylic acid groups (broad SMARTS) is 1. The van der Waals surface area contributed by atoms with Gasteiger partial charge in [-0.3, -0.25) is 9.69 Å². The third-order valence-electron chi connectivity index (χ3n) is 3.68. The van der Waals surface area contributed by atoms with Crippen molar-refractivity contribution < 1.29 is 19.4 Å². The smallest absolute Gasteiger partial charge is 0.336 e. The second kappa shape index (κ2) is 7.72. The van der Waals surface area contributed by atoms with Gasteiger partial charge in [0, 0.05) is 0 Å². The average Bonchev–Trinajstić information content (AvgIpc) is 2.90. The predicted molar refractivity (Wildman–Crippen MR) is 107 cm³/mol. The van der Waals surface area contributed by atoms with Gasteiger partial charge >= 0.3 is 5.97 Å². The van der Waals surface area contributed by atoms with E-state index in [9.17, 15) is 14.7 Å². The monoisotopic (exact) mass is 385 g/mol. The molecule has 0 saturated carbocycles. The molecule has 7 heteroatoms. The van der Waals surface area contributed by atoms with Crippen molar-refractivity contribution in [1.29, 1.82) is 0 Å². The van der Waals surface area contributed by atoms with Crippen LogP contribution in [0.15, 0.2) is 53.4 Å². The number of thiocarbonyl (C=S) groups is 1. The largest absolute Gasteiger partial charge is 0.494 e. The molecule has 1 aliphatic heterocycles. The van der Waals surface area contributed by atoms with Crippen LogP contribution in [0.5, 0.6) is 5.75 Å². The summed E-state index contributed by atoms with van der Waals surface area (Å²) in [6.45, 7) is 2.46. The third-order valence-corrected chi connectivity index (χ3v) is 4.98. The second-order valence-corrected chi connectivity index (χ2v) is 7.01. The fourth-order valence-electron chi connectivity index (χ4n) is 2.51. The van der Waals surface area contributed by atoms with Gasteiger partial charge in [-0.1, -0.05) is 42.2 Å². The van der Waals surface area contributed by atoms with Crippen LogP contribution >= 0.6 is 24.0 Å². The lowest BCUT2D eigenvalue weighted by atomic mass is 10.1. The summed E-state index contributed by atoms with van der Waals surface area (Å²) in [5.74, 6) is -0.601. The van der Waals surface area contributed by atoms with Crippen molar-refractivity contribution in [2.75, 3.05) is 11.5 Å². The van der Waals surface area contributed by atoms with Gasteiger partial charge in [-0.15, -0.1) is 0 Å². The molecule has 132 valence electrons. The first-order valence-electron chi connectivity index (χ1n) is 7.84. The number of thioether (sulfide) groups is 1. The summed E-state index contributed by atoms with van der Waals surface area (Å²) in [5.41, 5.74) is 1.25. The fourth-order valence-corrected chi connectivity index (χ4v) is 3.80. The molecule has 1 N–H and O–H groups in total. The van der Waals surface area contributed by atoms with Gasteiger partial charge in [-0.25, -0.2) is 4.79 Å². The average molecular weight is 385 g/mol. The third kappa shape index (κ3) is 3.63. The van der Waals surface area contributed by atoms with E-state index in [2.05, 4.69) is 0 Å². The Morgan fingerprint density at radius 3 is 2.58 bits per heavy atom. The van der Waals surface area contributed by atoms with Gasteiger partial charge in [0.1, 0.15) is 5.75 Å². The molecular formula is C19H15NO4S2. The summed E-state index contributed by atoms with van der Waals surface area (Å²) >= 11 is 6.49. The van der Waals surface area contributed by atoms with Gasteiger partial charge < -0.3 is 9.84 Å². The van der Waals surface area contributed by atoms with Crippen molar-refractivity contribution in [3.63, 3.8) is 0 Å². The van der Waals surface area contributed by atoms with Gasteiger partial charge in [-0.05, 0) is 48.9 Å². The lowest BCUT2D eigenvalue weighted by Gasteiger charge is -2.15. The molecule has 5 nitrogen and oxygen atoms in total. The number of benzene rings is 2. The van der Waals surface area contributed by atoms with Crippen LogP contribution in [-0.4, -0.2) is 27.9 Å². The first kappa shape index (κ1) is 18.2. The highest BCUT2D eigenvalue weighted by atomic mass is 32.2. The number of hydrogen-bond donors (Lipinski definition) is 1. The maximum atomic E-state index is 12.8. The first-order chi connectivity index (χ1) is 12.5. The number of aromatic carboxylic acids is 1. The molecule has 0 aliphatic carbocycles. The van der Waals surface area contributed by atoms with E-state index in [0.717, 1.165) is 11.8 Å². The van der Waals surface area contributed by atoms with E-state index < -0.39 is 5.97 Å². The number of carbonyl (C=O) groups is 2. The Morgan fingerprint density at radius 2 is 1.92 bits per heavy atom. The molecule has 1 fully saturated rings. The topological polar surface area (TPSA) is 66.8 Å². The van der Waals surface area contributed by atoms with E-state index in [1.165, 1.54) is 11.0 Å². The molecule has 1 heterocycles. The van der Waals surface area contributed by atoms with Crippen molar-refractivity contribution in [3.8, 4) is 5.75 Å². The Labute approximate surface area is 160 Å². The molecule has 26 heavy (non-hydrogen) atoms. The zero-order valence-corrected chi connectivity index (χ0v) is 15.5. The number of ether oxygens (including phenoxy) is 1. The molecule has 1 amide bonds. The molecule has 1 aliphatic rings. The molecule has 0 radical (unpaired) electrons. The summed E-state index contributed by atoms with van der Waals surface area (Å²) in [6, 6.07) is 13.6. The molecule has 1 saturated heterocycles. The Bertz CT molecular complexity index is 906. The predicted octanol–water partition coefficient (Wildman–Crippen LogP) is 4.19. The molecule has 0 aromatic heterocycles. The van der Waals surface area contributed by atoms with Crippen LogP contribution in [0.3, 0.4) is 0 Å². The summed E-state index contributed by atoms with van der Waals surface area (Å²) in [5, 5.41) is 9.29. The molecule has 2 aromatic carbocycles. The minimum Gasteiger partial charge on any atom is -0.494 e. The number of amides is 1. The number of nitrogens with zero attached hydrogens (tertiary/aromatic N) is 1. The number of carboxylic acids is 1. The quantitative estimate of drug-likeness (QED) is 0.615. The maximum absolute atomic E-state index is 12.8. The lowest BCUT2D eigenvalue weighted by Crippen LogP contribution is -2.27. The van der Waals surface area contributed by atoms with Gasteiger partial charge in [0.25, 0.3) is 5.91 Å². The van der Waals surface area contributed by atoms with Crippen LogP contribution in [0.25, 0.3) is 6.08 Å². The van der Waals surface area contributed by atoms with Crippen molar-refractivity contribution in [1.82, 2.24) is 0 Å². The van der Waals surface area contributed by atoms with E-state index in [-0.39, 0.29) is 11.5 Å². The minimum absolute atomic E-state index is 0.138. The van der Waals surface area contributed by atoms with E-state index in [1.54, 1.807) is 48.5 Å². The van der Waals surface area contributed by atoms with E-state index >= 15 is 0 Å². The molecule has 2 aromatic rings. The number of anilines is 1. The zero-order valence-electron chi connectivity index (χ0n) is 13.8. The standard InChI is InChI=1S/C19H15NO4S2/c1-2-24-14-9-7-13(8-10-14)20-17(21)16(26-19(20)25)11-12-5-3-4-6-15(12)18(22)23/h3-11H,2H2,1H3,(H,22,23). The van der Waals surface area contributed by atoms with E-state index in [1.807, 2.05) is 6.92 Å². The summed E-state index contributed by atoms with van der Waals surface area (Å²) in [7, 11) is 0. The maximum Gasteiger partial charge on any atom is 0.336 e. The highest BCUT2D eigenvalue weighted by molar-refractivity contribution is 8.27. The van der Waals surface area contributed by atoms with Crippen LogP contribution < -0.4 is 9.64 Å². The van der Waals surface area contributed by atoms with Gasteiger partial charge in [-0.2, -0.15) is 0 Å². The van der Waals surface area contributed by atoms with Gasteiger partial charge in [0.15, 0.2) is 4.32 Å². The Balaban J connectivity index is 1.91. The molecule has 0 unspecified atom stereocenters. The minimum atomic E-state index is -1.04. The van der Waals surface area contributed by atoms with Crippen LogP contribution in [0.4, 0.5) is 5.69 Å². The highest BCUT2D eigenvalue weighted by Crippen LogP contribution is 2.36. The number of rotatable bonds is 5. The van der Waals surface area contributed by atoms with Crippen molar-refractivity contribution in [2.45, 2.75) is 6.92 Å². The number of carbonyl (C=O) groups excluding carboxylic acids is 1. The Hall–Kier alpha value is -2.64. The van der Waals surface area contributed by atoms with Crippen molar-refractivity contribution >= 4 is 51.9 Å². The first-order valence-corrected chi connectivity index (χ1v) is 9.07. The van der Waals surface area contributed by atoms with Crippen LogP contribution in [0.2, 0.25) is 0 Å².